The summed E-state index contributed by atoms with van der Waals surface area (Å²) < 4.78 is 243. The maximum absolute atomic E-state index is 13.6. The number of hydrogen-bond acceptors (Lipinski definition) is 6. The Hall–Kier alpha value is -1.21. The quantitative estimate of drug-likeness (QED) is 0.108. The minimum atomic E-state index is -7.99. The van der Waals surface area contributed by atoms with E-state index in [0.717, 1.165) is 21.3 Å². The van der Waals surface area contributed by atoms with E-state index in [0.29, 0.717) is 0 Å². The molecule has 0 aliphatic heterocycles. The Labute approximate surface area is 207 Å². The average Bonchev–Trinajstić information content (AvgIpc) is 2.74. The monoisotopic (exact) mass is 644 g/mol. The van der Waals surface area contributed by atoms with Crippen molar-refractivity contribution < 1.29 is 102 Å². The molecule has 39 heavy (non-hydrogen) atoms. The Morgan fingerprint density at radius 2 is 0.872 bits per heavy atom. The topological polar surface area (TPSA) is 55.4 Å². The van der Waals surface area contributed by atoms with E-state index in [4.69, 9.17) is 13.3 Å². The standard InChI is InChI=1S/C15H17F17O6Si/c1-33-39(34-2,35-3)6-4-5-36-7-8(16,17)12(25,26)37-14(29,30)10(20,21)15(31,32)38-13(27,28)9(18,19)11(22,23)24/h4-7H2,1-3H3. The molecule has 0 saturated heterocycles. The molecule has 24 heteroatoms. The van der Waals surface area contributed by atoms with E-state index in [9.17, 15) is 74.6 Å². The third-order valence-electron chi connectivity index (χ3n) is 4.38. The molecule has 0 heterocycles. The van der Waals surface area contributed by atoms with Crippen molar-refractivity contribution in [3.8, 4) is 0 Å². The summed E-state index contributed by atoms with van der Waals surface area (Å²) in [5.41, 5.74) is 0. The average molecular weight is 644 g/mol. The van der Waals surface area contributed by atoms with E-state index in [1.807, 2.05) is 0 Å². The molecule has 0 fully saturated rings. The lowest BCUT2D eigenvalue weighted by Crippen LogP contribution is -2.64. The van der Waals surface area contributed by atoms with E-state index in [1.54, 1.807) is 4.74 Å². The molecule has 0 aromatic rings. The minimum Gasteiger partial charge on any atom is -0.377 e. The SMILES string of the molecule is CO[Si](CCCOCC(F)(F)C(F)(F)OC(F)(F)C(F)(F)C(F)(F)OC(F)(F)C(F)(F)C(F)(F)F)(OC)OC. The van der Waals surface area contributed by atoms with Gasteiger partial charge in [0.25, 0.3) is 0 Å². The van der Waals surface area contributed by atoms with Gasteiger partial charge in [-0.15, -0.1) is 0 Å². The highest BCUT2D eigenvalue weighted by Crippen LogP contribution is 2.55. The summed E-state index contributed by atoms with van der Waals surface area (Å²) in [6.45, 7) is -3.52. The fourth-order valence-electron chi connectivity index (χ4n) is 2.15. The normalized spacial score (nSPS) is 15.7. The van der Waals surface area contributed by atoms with Gasteiger partial charge in [0.1, 0.15) is 6.61 Å². The highest BCUT2D eigenvalue weighted by Gasteiger charge is 2.83. The highest BCUT2D eigenvalue weighted by molar-refractivity contribution is 6.60. The van der Waals surface area contributed by atoms with E-state index in [-0.39, 0.29) is 12.5 Å². The number of ether oxygens (including phenoxy) is 3. The van der Waals surface area contributed by atoms with Gasteiger partial charge in [-0.1, -0.05) is 0 Å². The van der Waals surface area contributed by atoms with Crippen LogP contribution in [-0.4, -0.2) is 91.7 Å². The molecule has 0 spiro atoms. The lowest BCUT2D eigenvalue weighted by Gasteiger charge is -2.37. The van der Waals surface area contributed by atoms with Gasteiger partial charge in [0.15, 0.2) is 0 Å². The van der Waals surface area contributed by atoms with Gasteiger partial charge in [-0.3, -0.25) is 0 Å². The number of hydrogen-bond donors (Lipinski definition) is 0. The van der Waals surface area contributed by atoms with Gasteiger partial charge in [-0.05, 0) is 6.42 Å². The number of rotatable bonds is 17. The molecule has 0 aromatic heterocycles. The van der Waals surface area contributed by atoms with Gasteiger partial charge in [-0.25, -0.2) is 9.47 Å². The summed E-state index contributed by atoms with van der Waals surface area (Å²) in [6, 6.07) is -0.202. The van der Waals surface area contributed by atoms with Gasteiger partial charge in [0.05, 0.1) is 0 Å². The van der Waals surface area contributed by atoms with Crippen LogP contribution >= 0.6 is 0 Å². The summed E-state index contributed by atoms with van der Waals surface area (Å²) in [5.74, 6) is -21.8. The van der Waals surface area contributed by atoms with Gasteiger partial charge in [0, 0.05) is 34.0 Å². The van der Waals surface area contributed by atoms with Crippen molar-refractivity contribution in [2.24, 2.45) is 0 Å². The molecular weight excluding hydrogens is 627 g/mol. The molecule has 0 radical (unpaired) electrons. The lowest BCUT2D eigenvalue weighted by atomic mass is 10.2. The van der Waals surface area contributed by atoms with Crippen molar-refractivity contribution in [3.05, 3.63) is 0 Å². The van der Waals surface area contributed by atoms with Crippen molar-refractivity contribution in [3.63, 3.8) is 0 Å². The summed E-state index contributed by atoms with van der Waals surface area (Å²) in [7, 11) is 0.00356. The van der Waals surface area contributed by atoms with Crippen LogP contribution in [0.3, 0.4) is 0 Å². The predicted octanol–water partition coefficient (Wildman–Crippen LogP) is 6.14. The molecule has 0 bridgehead atoms. The number of alkyl halides is 17. The largest absolute Gasteiger partial charge is 0.500 e. The van der Waals surface area contributed by atoms with Crippen molar-refractivity contribution in [2.45, 2.75) is 60.8 Å². The number of halogens is 17. The highest BCUT2D eigenvalue weighted by atomic mass is 28.4. The molecule has 0 aliphatic carbocycles. The van der Waals surface area contributed by atoms with Crippen LogP contribution < -0.4 is 0 Å². The Morgan fingerprint density at radius 3 is 1.23 bits per heavy atom. The zero-order valence-corrected chi connectivity index (χ0v) is 20.2. The molecule has 0 aromatic carbocycles. The Balaban J connectivity index is 5.64. The zero-order valence-electron chi connectivity index (χ0n) is 19.2. The van der Waals surface area contributed by atoms with Crippen LogP contribution in [0, 0.1) is 0 Å². The summed E-state index contributed by atoms with van der Waals surface area (Å²) in [6.07, 6.45) is -38.0. The molecule has 0 aliphatic rings. The molecule has 0 saturated carbocycles. The lowest BCUT2D eigenvalue weighted by molar-refractivity contribution is -0.542. The third-order valence-corrected chi connectivity index (χ3v) is 7.21. The van der Waals surface area contributed by atoms with Crippen LogP contribution in [0.5, 0.6) is 0 Å². The Bertz CT molecular complexity index is 779. The van der Waals surface area contributed by atoms with Crippen LogP contribution in [0.2, 0.25) is 6.04 Å². The summed E-state index contributed by atoms with van der Waals surface area (Å²) in [4.78, 5) is 0. The second-order valence-electron chi connectivity index (χ2n) is 7.07. The van der Waals surface area contributed by atoms with Crippen LogP contribution in [0.4, 0.5) is 74.6 Å². The summed E-state index contributed by atoms with van der Waals surface area (Å²) >= 11 is 0. The maximum atomic E-state index is 13.6. The van der Waals surface area contributed by atoms with Gasteiger partial charge >= 0.3 is 57.2 Å². The third kappa shape index (κ3) is 7.96. The second kappa shape index (κ2) is 12.0. The molecule has 0 rings (SSSR count). The fraction of sp³-hybridized carbons (Fsp3) is 1.00. The van der Waals surface area contributed by atoms with Crippen molar-refractivity contribution in [1.29, 1.82) is 0 Å². The molecule has 236 valence electrons. The van der Waals surface area contributed by atoms with Crippen LogP contribution in [-0.2, 0) is 27.5 Å². The van der Waals surface area contributed by atoms with E-state index in [1.165, 1.54) is 4.74 Å². The van der Waals surface area contributed by atoms with Crippen LogP contribution in [0.15, 0.2) is 0 Å². The summed E-state index contributed by atoms with van der Waals surface area (Å²) in [5, 5.41) is 0. The first-order chi connectivity index (χ1) is 17.1. The predicted molar refractivity (Wildman–Crippen MR) is 89.9 cm³/mol. The van der Waals surface area contributed by atoms with E-state index < -0.39 is 70.4 Å². The first-order valence-electron chi connectivity index (χ1n) is 9.40. The molecular formula is C15H17F17O6Si. The smallest absolute Gasteiger partial charge is 0.377 e. The Morgan fingerprint density at radius 1 is 0.513 bits per heavy atom. The van der Waals surface area contributed by atoms with E-state index in [2.05, 4.69) is 4.74 Å². The fourth-order valence-corrected chi connectivity index (χ4v) is 3.84. The molecule has 6 nitrogen and oxygen atoms in total. The minimum absolute atomic E-state index is 0.202. The van der Waals surface area contributed by atoms with Gasteiger partial charge in [-0.2, -0.15) is 74.6 Å². The van der Waals surface area contributed by atoms with Crippen LogP contribution in [0.1, 0.15) is 6.42 Å². The van der Waals surface area contributed by atoms with Gasteiger partial charge < -0.3 is 18.0 Å². The maximum Gasteiger partial charge on any atom is 0.500 e. The molecule has 0 unspecified atom stereocenters. The van der Waals surface area contributed by atoms with Crippen molar-refractivity contribution >= 4 is 8.80 Å². The molecule has 0 amide bonds. The zero-order chi connectivity index (χ0) is 31.6. The van der Waals surface area contributed by atoms with Crippen molar-refractivity contribution in [2.75, 3.05) is 34.5 Å². The second-order valence-corrected chi connectivity index (χ2v) is 10.2. The van der Waals surface area contributed by atoms with Crippen molar-refractivity contribution in [1.82, 2.24) is 0 Å². The first-order valence-corrected chi connectivity index (χ1v) is 11.3. The molecule has 0 atom stereocenters. The van der Waals surface area contributed by atoms with E-state index >= 15 is 0 Å². The van der Waals surface area contributed by atoms with Crippen LogP contribution in [0.25, 0.3) is 0 Å². The first kappa shape index (κ1) is 37.8. The Kier molecular flexibility index (Phi) is 11.6. The molecule has 0 N–H and O–H groups in total. The van der Waals surface area contributed by atoms with Gasteiger partial charge in [0.2, 0.25) is 0 Å².